The van der Waals surface area contributed by atoms with Crippen LogP contribution in [0.2, 0.25) is 0 Å². The summed E-state index contributed by atoms with van der Waals surface area (Å²) in [7, 11) is 0. The predicted octanol–water partition coefficient (Wildman–Crippen LogP) is -0.897. The van der Waals surface area contributed by atoms with Crippen molar-refractivity contribution in [1.82, 2.24) is 5.32 Å². The average Bonchev–Trinajstić information content (AvgIpc) is 2.40. The molecule has 1 rings (SSSR count). The molecule has 0 aromatic rings. The van der Waals surface area contributed by atoms with Gasteiger partial charge >= 0.3 is 0 Å². The van der Waals surface area contributed by atoms with Gasteiger partial charge in [-0.2, -0.15) is 0 Å². The van der Waals surface area contributed by atoms with Crippen molar-refractivity contribution in [2.75, 3.05) is 13.2 Å². The summed E-state index contributed by atoms with van der Waals surface area (Å²) < 4.78 is 11.1. The highest BCUT2D eigenvalue weighted by molar-refractivity contribution is 5.73. The van der Waals surface area contributed by atoms with Gasteiger partial charge in [-0.05, 0) is 32.7 Å². The van der Waals surface area contributed by atoms with Crippen LogP contribution >= 0.6 is 0 Å². The number of amides is 1. The summed E-state index contributed by atoms with van der Waals surface area (Å²) in [5.41, 5.74) is 5.41. The molecule has 0 saturated carbocycles. The first-order valence-electron chi connectivity index (χ1n) is 7.07. The van der Waals surface area contributed by atoms with E-state index in [2.05, 4.69) is 5.32 Å². The van der Waals surface area contributed by atoms with E-state index in [9.17, 15) is 15.0 Å². The Hall–Kier alpha value is -0.730. The number of rotatable bonds is 7. The van der Waals surface area contributed by atoms with Crippen LogP contribution in [0.5, 0.6) is 0 Å². The van der Waals surface area contributed by atoms with Crippen LogP contribution in [0.1, 0.15) is 33.1 Å². The number of carbonyl (C=O) groups is 1. The van der Waals surface area contributed by atoms with Crippen LogP contribution < -0.4 is 11.1 Å². The second kappa shape index (κ2) is 8.53. The monoisotopic (exact) mass is 290 g/mol. The van der Waals surface area contributed by atoms with E-state index in [1.165, 1.54) is 6.92 Å². The molecule has 7 nitrogen and oxygen atoms in total. The Bertz CT molecular complexity index is 302. The quantitative estimate of drug-likeness (QED) is 0.452. The number of aliphatic hydroxyl groups is 2. The van der Waals surface area contributed by atoms with Crippen molar-refractivity contribution in [3.05, 3.63) is 0 Å². The second-order valence-electron chi connectivity index (χ2n) is 5.14. The van der Waals surface area contributed by atoms with Crippen LogP contribution in [0.4, 0.5) is 0 Å². The van der Waals surface area contributed by atoms with E-state index in [4.69, 9.17) is 15.2 Å². The van der Waals surface area contributed by atoms with E-state index in [1.807, 2.05) is 0 Å². The maximum absolute atomic E-state index is 11.2. The highest BCUT2D eigenvalue weighted by Crippen LogP contribution is 2.22. The first-order chi connectivity index (χ1) is 9.47. The molecule has 0 spiro atoms. The Morgan fingerprint density at radius 3 is 2.60 bits per heavy atom. The molecule has 0 radical (unpaired) electrons. The van der Waals surface area contributed by atoms with Crippen LogP contribution in [0.3, 0.4) is 0 Å². The van der Waals surface area contributed by atoms with E-state index in [-0.39, 0.29) is 5.91 Å². The van der Waals surface area contributed by atoms with Gasteiger partial charge in [0, 0.05) is 13.5 Å². The number of carbonyl (C=O) groups excluding carboxylic acids is 1. The second-order valence-corrected chi connectivity index (χ2v) is 5.14. The molecule has 7 heteroatoms. The third-order valence-corrected chi connectivity index (χ3v) is 3.34. The average molecular weight is 290 g/mol. The molecule has 0 unspecified atom stereocenters. The number of nitrogens with one attached hydrogen (secondary N) is 1. The van der Waals surface area contributed by atoms with Crippen molar-refractivity contribution in [2.24, 2.45) is 5.73 Å². The lowest BCUT2D eigenvalue weighted by Gasteiger charge is -2.41. The predicted molar refractivity (Wildman–Crippen MR) is 72.8 cm³/mol. The van der Waals surface area contributed by atoms with E-state index in [0.717, 1.165) is 19.3 Å². The molecule has 1 heterocycles. The zero-order valence-corrected chi connectivity index (χ0v) is 12.1. The minimum Gasteiger partial charge on any atom is -0.388 e. The first-order valence-corrected chi connectivity index (χ1v) is 7.07. The van der Waals surface area contributed by atoms with E-state index >= 15 is 0 Å². The van der Waals surface area contributed by atoms with Crippen molar-refractivity contribution in [3.8, 4) is 0 Å². The fourth-order valence-corrected chi connectivity index (χ4v) is 2.18. The molecular weight excluding hydrogens is 264 g/mol. The normalized spacial score (nSPS) is 34.0. The molecule has 1 amide bonds. The summed E-state index contributed by atoms with van der Waals surface area (Å²) in [5.74, 6) is -0.309. The maximum Gasteiger partial charge on any atom is 0.217 e. The van der Waals surface area contributed by atoms with Gasteiger partial charge in [0.05, 0.1) is 6.10 Å². The number of ether oxygens (including phenoxy) is 2. The zero-order chi connectivity index (χ0) is 15.1. The Labute approximate surface area is 119 Å². The van der Waals surface area contributed by atoms with Gasteiger partial charge < -0.3 is 30.7 Å². The van der Waals surface area contributed by atoms with Gasteiger partial charge in [-0.25, -0.2) is 0 Å². The molecule has 0 bridgehead atoms. The Morgan fingerprint density at radius 2 is 2.00 bits per heavy atom. The Kier molecular flexibility index (Phi) is 7.39. The van der Waals surface area contributed by atoms with Crippen LogP contribution in [0.15, 0.2) is 0 Å². The number of hydrogen-bond donors (Lipinski definition) is 4. The summed E-state index contributed by atoms with van der Waals surface area (Å²) in [6, 6.07) is -0.770. The third-order valence-electron chi connectivity index (χ3n) is 3.34. The largest absolute Gasteiger partial charge is 0.388 e. The summed E-state index contributed by atoms with van der Waals surface area (Å²) in [4.78, 5) is 11.2. The number of nitrogens with two attached hydrogens (primary N) is 1. The lowest BCUT2D eigenvalue weighted by Crippen LogP contribution is -2.63. The summed E-state index contributed by atoms with van der Waals surface area (Å²) in [5, 5.41) is 22.4. The van der Waals surface area contributed by atoms with Crippen molar-refractivity contribution >= 4 is 5.91 Å². The highest BCUT2D eigenvalue weighted by atomic mass is 16.7. The van der Waals surface area contributed by atoms with Gasteiger partial charge in [-0.3, -0.25) is 4.79 Å². The lowest BCUT2D eigenvalue weighted by atomic mass is 9.97. The fourth-order valence-electron chi connectivity index (χ4n) is 2.18. The summed E-state index contributed by atoms with van der Waals surface area (Å²) in [6.07, 6.45) is -0.761. The van der Waals surface area contributed by atoms with Crippen LogP contribution in [0.25, 0.3) is 0 Å². The van der Waals surface area contributed by atoms with Gasteiger partial charge in [0.15, 0.2) is 6.29 Å². The zero-order valence-electron chi connectivity index (χ0n) is 12.1. The van der Waals surface area contributed by atoms with Crippen LogP contribution in [-0.2, 0) is 14.3 Å². The molecule has 0 aromatic carbocycles. The maximum atomic E-state index is 11.2. The molecule has 118 valence electrons. The highest BCUT2D eigenvalue weighted by Gasteiger charge is 2.43. The number of hydrogen-bond acceptors (Lipinski definition) is 6. The molecule has 0 aromatic heterocycles. The molecule has 20 heavy (non-hydrogen) atoms. The minimum absolute atomic E-state index is 0.309. The van der Waals surface area contributed by atoms with Gasteiger partial charge in [0.25, 0.3) is 0 Å². The van der Waals surface area contributed by atoms with Crippen molar-refractivity contribution < 1.29 is 24.5 Å². The van der Waals surface area contributed by atoms with Crippen LogP contribution in [0, 0.1) is 0 Å². The van der Waals surface area contributed by atoms with E-state index in [0.29, 0.717) is 13.2 Å². The number of aliphatic hydroxyl groups excluding tert-OH is 2. The van der Waals surface area contributed by atoms with Crippen molar-refractivity contribution in [3.63, 3.8) is 0 Å². The first kappa shape index (κ1) is 17.3. The summed E-state index contributed by atoms with van der Waals surface area (Å²) >= 11 is 0. The van der Waals surface area contributed by atoms with Gasteiger partial charge in [-0.15, -0.1) is 0 Å². The third kappa shape index (κ3) is 4.99. The van der Waals surface area contributed by atoms with E-state index in [1.54, 1.807) is 6.92 Å². The Balaban J connectivity index is 2.52. The molecule has 1 aliphatic heterocycles. The molecule has 5 atom stereocenters. The molecule has 1 saturated heterocycles. The fraction of sp³-hybridized carbons (Fsp3) is 0.923. The van der Waals surface area contributed by atoms with Gasteiger partial charge in [0.2, 0.25) is 5.91 Å². The topological polar surface area (TPSA) is 114 Å². The smallest absolute Gasteiger partial charge is 0.217 e. The standard InChI is InChI=1S/C13H26N2O5/c1-8-11(17)12(18)10(15-9(2)16)13(20-8)19-7-5-3-4-6-14/h8,10-13,17-18H,3-7,14H2,1-2H3,(H,15,16)/t8-,10-,11+,12-,13-/m0/s1. The van der Waals surface area contributed by atoms with Crippen LogP contribution in [-0.4, -0.2) is 59.9 Å². The molecule has 1 aliphatic rings. The van der Waals surface area contributed by atoms with Crippen molar-refractivity contribution in [2.45, 2.75) is 63.8 Å². The molecular formula is C13H26N2O5. The van der Waals surface area contributed by atoms with Gasteiger partial charge in [0.1, 0.15) is 18.2 Å². The number of unbranched alkanes of at least 4 members (excludes halogenated alkanes) is 2. The molecule has 5 N–H and O–H groups in total. The molecule has 1 fully saturated rings. The molecule has 0 aliphatic carbocycles. The minimum atomic E-state index is -1.11. The van der Waals surface area contributed by atoms with Crippen molar-refractivity contribution in [1.29, 1.82) is 0 Å². The Morgan fingerprint density at radius 1 is 1.30 bits per heavy atom. The summed E-state index contributed by atoms with van der Waals surface area (Å²) in [6.45, 7) is 4.10. The SMILES string of the molecule is CC(=O)N[C@@H]1[C@@H](OCCCCCN)O[C@@H](C)[C@@H](O)[C@H]1O. The van der Waals surface area contributed by atoms with E-state index < -0.39 is 30.6 Å². The lowest BCUT2D eigenvalue weighted by molar-refractivity contribution is -0.260. The van der Waals surface area contributed by atoms with Gasteiger partial charge in [-0.1, -0.05) is 0 Å².